The lowest BCUT2D eigenvalue weighted by molar-refractivity contribution is -0.689. The molecule has 0 atom stereocenters. The Labute approximate surface area is 156 Å². The molecule has 0 aromatic carbocycles. The topological polar surface area (TPSA) is 93.4 Å². The number of amides is 1. The van der Waals surface area contributed by atoms with Crippen molar-refractivity contribution < 1.29 is 9.36 Å². The molecule has 1 saturated carbocycles. The van der Waals surface area contributed by atoms with Gasteiger partial charge in [-0.2, -0.15) is 0 Å². The Morgan fingerprint density at radius 1 is 1.33 bits per heavy atom. The van der Waals surface area contributed by atoms with Crippen LogP contribution >= 0.6 is 0 Å². The number of fused-ring (bicyclic) bond motifs is 2. The molecule has 3 N–H and O–H groups in total. The van der Waals surface area contributed by atoms with Crippen molar-refractivity contribution in [2.75, 3.05) is 12.8 Å². The van der Waals surface area contributed by atoms with Gasteiger partial charge in [0.25, 0.3) is 17.1 Å². The first-order valence-electron chi connectivity index (χ1n) is 9.40. The van der Waals surface area contributed by atoms with Crippen LogP contribution in [0.15, 0.2) is 29.2 Å². The van der Waals surface area contributed by atoms with Gasteiger partial charge >= 0.3 is 0 Å². The van der Waals surface area contributed by atoms with Gasteiger partial charge in [0.15, 0.2) is 0 Å². The molecule has 7 heteroatoms. The van der Waals surface area contributed by atoms with Crippen molar-refractivity contribution >= 4 is 28.4 Å². The summed E-state index contributed by atoms with van der Waals surface area (Å²) in [6, 6.07) is 5.47. The second-order valence-corrected chi connectivity index (χ2v) is 7.22. The van der Waals surface area contributed by atoms with E-state index < -0.39 is 0 Å². The molecule has 0 bridgehead atoms. The third-order valence-electron chi connectivity index (χ3n) is 5.53. The van der Waals surface area contributed by atoms with E-state index in [1.54, 1.807) is 19.3 Å². The van der Waals surface area contributed by atoms with E-state index in [9.17, 15) is 9.59 Å². The molecule has 3 aromatic rings. The van der Waals surface area contributed by atoms with Crippen LogP contribution in [0, 0.1) is 6.92 Å². The largest absolute Gasteiger partial charge is 0.355 e. The van der Waals surface area contributed by atoms with Crippen LogP contribution in [0.4, 0.5) is 5.82 Å². The molecule has 1 aliphatic carbocycles. The summed E-state index contributed by atoms with van der Waals surface area (Å²) in [5.41, 5.74) is 8.67. The summed E-state index contributed by atoms with van der Waals surface area (Å²) in [6.45, 7) is 1.93. The van der Waals surface area contributed by atoms with Crippen LogP contribution in [0.2, 0.25) is 0 Å². The predicted molar refractivity (Wildman–Crippen MR) is 104 cm³/mol. The number of carbonyl (C=O) groups excluding carboxylic acids is 1. The van der Waals surface area contributed by atoms with Gasteiger partial charge in [0.05, 0.1) is 6.04 Å². The molecule has 27 heavy (non-hydrogen) atoms. The first-order valence-corrected chi connectivity index (χ1v) is 9.40. The summed E-state index contributed by atoms with van der Waals surface area (Å²) in [7, 11) is 1.56. The molecule has 1 aliphatic rings. The highest BCUT2D eigenvalue weighted by Crippen LogP contribution is 2.27. The van der Waals surface area contributed by atoms with Crippen LogP contribution in [-0.2, 0) is 0 Å². The second-order valence-electron chi connectivity index (χ2n) is 7.22. The first kappa shape index (κ1) is 17.5. The van der Waals surface area contributed by atoms with Crippen LogP contribution in [0.25, 0.3) is 16.7 Å². The minimum Gasteiger partial charge on any atom is -0.355 e. The van der Waals surface area contributed by atoms with E-state index in [1.807, 2.05) is 23.6 Å². The third kappa shape index (κ3) is 2.74. The van der Waals surface area contributed by atoms with Crippen molar-refractivity contribution in [3.8, 4) is 0 Å². The predicted octanol–water partition coefficient (Wildman–Crippen LogP) is 1.89. The molecule has 0 unspecified atom stereocenters. The molecular formula is C20H24N5O2+. The molecule has 4 rings (SSSR count). The number of anilines is 1. The van der Waals surface area contributed by atoms with Crippen molar-refractivity contribution in [3.63, 3.8) is 0 Å². The third-order valence-corrected chi connectivity index (χ3v) is 5.53. The Bertz CT molecular complexity index is 1110. The van der Waals surface area contributed by atoms with Gasteiger partial charge in [-0.15, -0.1) is 0 Å². The van der Waals surface area contributed by atoms with Gasteiger partial charge in [0.2, 0.25) is 11.5 Å². The number of carbonyl (C=O) groups is 1. The van der Waals surface area contributed by atoms with E-state index in [1.165, 1.54) is 10.8 Å². The van der Waals surface area contributed by atoms with E-state index >= 15 is 0 Å². The Hall–Kier alpha value is -2.96. The number of nitrogens with two attached hydrogens (primary N) is 1. The number of pyridine rings is 2. The standard InChI is InChI=1S/C20H23N5O2/c1-12-7-6-10-24-17(12)23-18-15(20(24)27)11-14(19(26)22-2)16(21)25(18)13-8-4-3-5-9-13/h6-7,10-11,13,21H,3-5,8-9H2,1-2H3,(H,22,26)/p+1. The zero-order valence-electron chi connectivity index (χ0n) is 15.7. The molecular weight excluding hydrogens is 342 g/mol. The van der Waals surface area contributed by atoms with Gasteiger partial charge in [-0.25, -0.2) is 4.57 Å². The normalized spacial score (nSPS) is 15.3. The zero-order valence-corrected chi connectivity index (χ0v) is 15.7. The molecule has 0 aliphatic heterocycles. The van der Waals surface area contributed by atoms with Gasteiger partial charge in [-0.3, -0.25) is 14.0 Å². The van der Waals surface area contributed by atoms with E-state index in [0.29, 0.717) is 28.1 Å². The summed E-state index contributed by atoms with van der Waals surface area (Å²) < 4.78 is 3.46. The Balaban J connectivity index is 2.14. The fourth-order valence-corrected chi connectivity index (χ4v) is 4.10. The minimum atomic E-state index is -0.298. The summed E-state index contributed by atoms with van der Waals surface area (Å²) in [5.74, 6) is 0.0753. The molecule has 140 valence electrons. The average Bonchev–Trinajstić information content (AvgIpc) is 2.69. The van der Waals surface area contributed by atoms with Crippen LogP contribution in [0.3, 0.4) is 0 Å². The fraction of sp³-hybridized carbons (Fsp3) is 0.400. The van der Waals surface area contributed by atoms with Crippen LogP contribution in [-0.4, -0.2) is 22.3 Å². The summed E-state index contributed by atoms with van der Waals surface area (Å²) in [5, 5.41) is 3.03. The van der Waals surface area contributed by atoms with Crippen LogP contribution in [0.5, 0.6) is 0 Å². The van der Waals surface area contributed by atoms with E-state index in [2.05, 4.69) is 5.32 Å². The van der Waals surface area contributed by atoms with Gasteiger partial charge < -0.3 is 11.1 Å². The second kappa shape index (κ2) is 6.64. The lowest BCUT2D eigenvalue weighted by Crippen LogP contribution is -2.47. The van der Waals surface area contributed by atoms with Crippen molar-refractivity contribution in [2.24, 2.45) is 0 Å². The van der Waals surface area contributed by atoms with Crippen LogP contribution in [0.1, 0.15) is 54.1 Å². The van der Waals surface area contributed by atoms with Gasteiger partial charge in [-0.1, -0.05) is 17.5 Å². The highest BCUT2D eigenvalue weighted by atomic mass is 16.1. The maximum absolute atomic E-state index is 13.2. The summed E-state index contributed by atoms with van der Waals surface area (Å²) >= 11 is 0. The maximum Gasteiger partial charge on any atom is 0.278 e. The average molecular weight is 366 g/mol. The number of nitrogens with zero attached hydrogens (tertiary/aromatic N) is 3. The first-order chi connectivity index (χ1) is 13.0. The van der Waals surface area contributed by atoms with E-state index in [-0.39, 0.29) is 17.5 Å². The number of aryl methyl sites for hydroxylation is 1. The number of rotatable bonds is 2. The van der Waals surface area contributed by atoms with E-state index in [4.69, 9.17) is 10.7 Å². The molecule has 0 saturated heterocycles. The molecule has 0 radical (unpaired) electrons. The zero-order chi connectivity index (χ0) is 19.1. The lowest BCUT2D eigenvalue weighted by Gasteiger charge is -2.23. The number of nitrogen functional groups attached to an aromatic ring is 1. The Morgan fingerprint density at radius 2 is 2.07 bits per heavy atom. The van der Waals surface area contributed by atoms with Crippen LogP contribution < -0.4 is 21.2 Å². The molecule has 3 aromatic heterocycles. The van der Waals surface area contributed by atoms with Crippen molar-refractivity contribution in [3.05, 3.63) is 45.9 Å². The molecule has 1 amide bonds. The fourth-order valence-electron chi connectivity index (χ4n) is 4.10. The number of hydrogen-bond donors (Lipinski definition) is 2. The quantitative estimate of drug-likeness (QED) is 0.535. The van der Waals surface area contributed by atoms with Crippen molar-refractivity contribution in [1.82, 2.24) is 14.7 Å². The molecule has 7 nitrogen and oxygen atoms in total. The summed E-state index contributed by atoms with van der Waals surface area (Å²) in [6.07, 6.45) is 7.05. The molecule has 0 spiro atoms. The highest BCUT2D eigenvalue weighted by molar-refractivity contribution is 6.00. The number of nitrogens with one attached hydrogen (secondary N) is 1. The molecule has 1 fully saturated rings. The van der Waals surface area contributed by atoms with Gasteiger partial charge in [0.1, 0.15) is 10.9 Å². The summed E-state index contributed by atoms with van der Waals surface area (Å²) in [4.78, 5) is 30.4. The van der Waals surface area contributed by atoms with E-state index in [0.717, 1.165) is 31.2 Å². The lowest BCUT2D eigenvalue weighted by atomic mass is 9.94. The Morgan fingerprint density at radius 3 is 2.78 bits per heavy atom. The number of hydrogen-bond acceptors (Lipinski definition) is 4. The minimum absolute atomic E-state index is 0.143. The number of aromatic nitrogens is 3. The SMILES string of the molecule is CNC(=O)c1cc2c(=O)n3cccc(C)c3nc2[n+](C2CCCCC2)c1N. The Kier molecular flexibility index (Phi) is 4.30. The molecule has 3 heterocycles. The van der Waals surface area contributed by atoms with Crippen molar-refractivity contribution in [2.45, 2.75) is 45.1 Å². The van der Waals surface area contributed by atoms with Gasteiger partial charge in [-0.05, 0) is 44.7 Å². The maximum atomic E-state index is 13.2. The smallest absolute Gasteiger partial charge is 0.278 e. The van der Waals surface area contributed by atoms with Gasteiger partial charge in [0, 0.05) is 18.8 Å². The monoisotopic (exact) mass is 366 g/mol. The highest BCUT2D eigenvalue weighted by Gasteiger charge is 2.29. The van der Waals surface area contributed by atoms with Crippen molar-refractivity contribution in [1.29, 1.82) is 0 Å².